The van der Waals surface area contributed by atoms with Crippen molar-refractivity contribution in [1.82, 2.24) is 14.4 Å². The van der Waals surface area contributed by atoms with Crippen molar-refractivity contribution in [3.8, 4) is 5.75 Å². The summed E-state index contributed by atoms with van der Waals surface area (Å²) < 4.78 is 7.59. The molecule has 1 saturated heterocycles. The number of likely N-dealkylation sites (tertiary alicyclic amines) is 1. The maximum atomic E-state index is 13.5. The van der Waals surface area contributed by atoms with Crippen molar-refractivity contribution in [3.05, 3.63) is 65.4 Å². The van der Waals surface area contributed by atoms with Gasteiger partial charge in [0.15, 0.2) is 0 Å². The SMILES string of the molecule is COc1ccc2c3c(n(C)c2c1)[C@H](CO)N(C(=O)c1ccccc1)CC31CN(C)C1. The van der Waals surface area contributed by atoms with Crippen molar-refractivity contribution in [2.75, 3.05) is 40.4 Å². The van der Waals surface area contributed by atoms with Gasteiger partial charge in [0.05, 0.1) is 25.3 Å². The van der Waals surface area contributed by atoms with Gasteiger partial charge in [0.1, 0.15) is 5.75 Å². The Bertz CT molecular complexity index is 1120. The summed E-state index contributed by atoms with van der Waals surface area (Å²) in [5.41, 5.74) is 3.90. The second-order valence-electron chi connectivity index (χ2n) is 8.65. The van der Waals surface area contributed by atoms with Crippen molar-refractivity contribution >= 4 is 16.8 Å². The zero-order valence-corrected chi connectivity index (χ0v) is 17.6. The topological polar surface area (TPSA) is 57.9 Å². The average molecular weight is 405 g/mol. The summed E-state index contributed by atoms with van der Waals surface area (Å²) in [5, 5.41) is 11.6. The fraction of sp³-hybridized carbons (Fsp3) is 0.375. The van der Waals surface area contributed by atoms with Crippen molar-refractivity contribution in [2.45, 2.75) is 11.5 Å². The van der Waals surface area contributed by atoms with Crippen LogP contribution in [0.15, 0.2) is 48.5 Å². The quantitative estimate of drug-likeness (QED) is 0.728. The largest absolute Gasteiger partial charge is 0.497 e. The van der Waals surface area contributed by atoms with Gasteiger partial charge in [0, 0.05) is 54.8 Å². The highest BCUT2D eigenvalue weighted by Gasteiger charge is 2.53. The molecular formula is C24H27N3O3. The molecule has 1 N–H and O–H groups in total. The summed E-state index contributed by atoms with van der Waals surface area (Å²) >= 11 is 0. The molecule has 0 saturated carbocycles. The normalized spacial score (nSPS) is 20.3. The minimum atomic E-state index is -0.382. The zero-order chi connectivity index (χ0) is 21.0. The van der Waals surface area contributed by atoms with Gasteiger partial charge >= 0.3 is 0 Å². The Labute approximate surface area is 176 Å². The highest BCUT2D eigenvalue weighted by Crippen LogP contribution is 2.49. The number of ether oxygens (including phenoxy) is 1. The Kier molecular flexibility index (Phi) is 4.38. The third-order valence-corrected chi connectivity index (χ3v) is 6.75. The number of aliphatic hydroxyl groups is 1. The number of fused-ring (bicyclic) bond motifs is 4. The van der Waals surface area contributed by atoms with E-state index in [1.54, 1.807) is 7.11 Å². The van der Waals surface area contributed by atoms with E-state index in [0.29, 0.717) is 12.1 Å². The van der Waals surface area contributed by atoms with Crippen molar-refractivity contribution in [2.24, 2.45) is 7.05 Å². The Morgan fingerprint density at radius 3 is 2.50 bits per heavy atom. The molecule has 1 atom stereocenters. The number of hydrogen-bond acceptors (Lipinski definition) is 4. The van der Waals surface area contributed by atoms with E-state index in [9.17, 15) is 9.90 Å². The predicted molar refractivity (Wildman–Crippen MR) is 116 cm³/mol. The molecule has 0 unspecified atom stereocenters. The molecule has 6 heteroatoms. The van der Waals surface area contributed by atoms with E-state index in [0.717, 1.165) is 30.0 Å². The Hall–Kier alpha value is -2.83. The van der Waals surface area contributed by atoms with Crippen LogP contribution < -0.4 is 4.74 Å². The number of benzene rings is 2. The van der Waals surface area contributed by atoms with Gasteiger partial charge in [0.2, 0.25) is 0 Å². The molecule has 3 aromatic rings. The lowest BCUT2D eigenvalue weighted by Crippen LogP contribution is -2.66. The molecule has 2 aliphatic heterocycles. The summed E-state index contributed by atoms with van der Waals surface area (Å²) in [7, 11) is 5.81. The van der Waals surface area contributed by atoms with Gasteiger partial charge in [-0.15, -0.1) is 0 Å². The monoisotopic (exact) mass is 405 g/mol. The summed E-state index contributed by atoms with van der Waals surface area (Å²) in [4.78, 5) is 17.7. The van der Waals surface area contributed by atoms with Crippen LogP contribution in [0, 0.1) is 0 Å². The van der Waals surface area contributed by atoms with Crippen LogP contribution in [0.3, 0.4) is 0 Å². The van der Waals surface area contributed by atoms with Crippen LogP contribution in [-0.4, -0.2) is 65.8 Å². The third-order valence-electron chi connectivity index (χ3n) is 6.75. The fourth-order valence-corrected chi connectivity index (χ4v) is 5.56. The number of aryl methyl sites for hydroxylation is 1. The Balaban J connectivity index is 1.72. The van der Waals surface area contributed by atoms with Crippen LogP contribution in [0.2, 0.25) is 0 Å². The third kappa shape index (κ3) is 2.60. The van der Waals surface area contributed by atoms with Crippen LogP contribution in [-0.2, 0) is 12.5 Å². The van der Waals surface area contributed by atoms with Gasteiger partial charge in [0.25, 0.3) is 5.91 Å². The number of nitrogens with zero attached hydrogens (tertiary/aromatic N) is 3. The molecule has 1 aromatic heterocycles. The van der Waals surface area contributed by atoms with E-state index in [2.05, 4.69) is 22.6 Å². The van der Waals surface area contributed by atoms with Crippen LogP contribution in [0.25, 0.3) is 10.9 Å². The molecule has 1 fully saturated rings. The first-order valence-electron chi connectivity index (χ1n) is 10.3. The number of rotatable bonds is 3. The molecule has 2 aromatic carbocycles. The minimum Gasteiger partial charge on any atom is -0.497 e. The smallest absolute Gasteiger partial charge is 0.254 e. The molecule has 0 bridgehead atoms. The standard InChI is InChI=1S/C24H27N3O3/c1-25-13-24(14-25)15-27(23(29)16-7-5-4-6-8-16)20(12-28)22-21(24)18-10-9-17(30-3)11-19(18)26(22)2/h4-11,20,28H,12-15H2,1-3H3/t20-/m0/s1. The summed E-state index contributed by atoms with van der Waals surface area (Å²) in [6.07, 6.45) is 0. The van der Waals surface area contributed by atoms with Crippen molar-refractivity contribution in [1.29, 1.82) is 0 Å². The molecule has 5 rings (SSSR count). The van der Waals surface area contributed by atoms with Crippen LogP contribution in [0.4, 0.5) is 0 Å². The van der Waals surface area contributed by atoms with Crippen LogP contribution >= 0.6 is 0 Å². The maximum Gasteiger partial charge on any atom is 0.254 e. The number of aromatic nitrogens is 1. The lowest BCUT2D eigenvalue weighted by molar-refractivity contribution is 0.00869. The molecule has 3 heterocycles. The van der Waals surface area contributed by atoms with Gasteiger partial charge in [-0.1, -0.05) is 18.2 Å². The van der Waals surface area contributed by atoms with E-state index < -0.39 is 0 Å². The number of aliphatic hydroxyl groups excluding tert-OH is 1. The second-order valence-corrected chi connectivity index (χ2v) is 8.65. The van der Waals surface area contributed by atoms with Crippen LogP contribution in [0.1, 0.15) is 27.7 Å². The number of amides is 1. The zero-order valence-electron chi connectivity index (χ0n) is 17.6. The molecule has 30 heavy (non-hydrogen) atoms. The minimum absolute atomic E-state index is 0.0305. The van der Waals surface area contributed by atoms with Crippen LogP contribution in [0.5, 0.6) is 5.75 Å². The van der Waals surface area contributed by atoms with Gasteiger partial charge in [-0.2, -0.15) is 0 Å². The summed E-state index contributed by atoms with van der Waals surface area (Å²) in [6.45, 7) is 2.27. The van der Waals surface area contributed by atoms with E-state index in [-0.39, 0.29) is 24.0 Å². The van der Waals surface area contributed by atoms with Crippen molar-refractivity contribution < 1.29 is 14.6 Å². The Morgan fingerprint density at radius 2 is 1.87 bits per heavy atom. The Morgan fingerprint density at radius 1 is 1.13 bits per heavy atom. The number of likely N-dealkylation sites (N-methyl/N-ethyl adjacent to an activating group) is 1. The van der Waals surface area contributed by atoms with Gasteiger partial charge in [-0.3, -0.25) is 4.79 Å². The van der Waals surface area contributed by atoms with E-state index in [4.69, 9.17) is 4.74 Å². The number of carbonyl (C=O) groups excluding carboxylic acids is 1. The number of methoxy groups -OCH3 is 1. The van der Waals surface area contributed by atoms with E-state index in [1.807, 2.05) is 54.4 Å². The first-order valence-corrected chi connectivity index (χ1v) is 10.3. The maximum absolute atomic E-state index is 13.5. The molecule has 6 nitrogen and oxygen atoms in total. The molecular weight excluding hydrogens is 378 g/mol. The molecule has 2 aliphatic rings. The second kappa shape index (κ2) is 6.86. The lowest BCUT2D eigenvalue weighted by atomic mass is 9.69. The lowest BCUT2D eigenvalue weighted by Gasteiger charge is -2.55. The molecule has 1 spiro atoms. The highest BCUT2D eigenvalue weighted by molar-refractivity contribution is 5.96. The number of hydrogen-bond donors (Lipinski definition) is 1. The predicted octanol–water partition coefficient (Wildman–Crippen LogP) is 2.56. The first kappa shape index (κ1) is 19.2. The summed E-state index contributed by atoms with van der Waals surface area (Å²) in [6, 6.07) is 15.1. The fourth-order valence-electron chi connectivity index (χ4n) is 5.56. The average Bonchev–Trinajstić information content (AvgIpc) is 3.05. The van der Waals surface area contributed by atoms with E-state index >= 15 is 0 Å². The first-order chi connectivity index (χ1) is 14.5. The molecule has 0 radical (unpaired) electrons. The molecule has 1 amide bonds. The highest BCUT2D eigenvalue weighted by atomic mass is 16.5. The van der Waals surface area contributed by atoms with Crippen molar-refractivity contribution in [3.63, 3.8) is 0 Å². The van der Waals surface area contributed by atoms with Gasteiger partial charge in [-0.05, 0) is 36.9 Å². The van der Waals surface area contributed by atoms with Gasteiger partial charge in [-0.25, -0.2) is 0 Å². The van der Waals surface area contributed by atoms with E-state index in [1.165, 1.54) is 10.9 Å². The molecule has 0 aliphatic carbocycles. The number of carbonyl (C=O) groups is 1. The summed E-state index contributed by atoms with van der Waals surface area (Å²) in [5.74, 6) is 0.773. The molecule has 156 valence electrons. The van der Waals surface area contributed by atoms with Gasteiger partial charge < -0.3 is 24.2 Å².